The average Bonchev–Trinajstić information content (AvgIpc) is 3.32. The molecule has 186 valence electrons. The van der Waals surface area contributed by atoms with Crippen molar-refractivity contribution in [3.8, 4) is 5.75 Å². The van der Waals surface area contributed by atoms with E-state index in [2.05, 4.69) is 5.32 Å². The number of fused-ring (bicyclic) bond motifs is 1. The third kappa shape index (κ3) is 6.49. The van der Waals surface area contributed by atoms with E-state index in [1.54, 1.807) is 60.1 Å². The van der Waals surface area contributed by atoms with Gasteiger partial charge in [-0.2, -0.15) is 0 Å². The molecule has 1 atom stereocenters. The second-order valence-electron chi connectivity index (χ2n) is 8.14. The summed E-state index contributed by atoms with van der Waals surface area (Å²) in [5.74, 6) is -1.38. The van der Waals surface area contributed by atoms with Gasteiger partial charge in [0.05, 0.1) is 17.5 Å². The second-order valence-corrected chi connectivity index (χ2v) is 10.2. The molecular weight excluding hydrogens is 484 g/mol. The molecule has 3 N–H and O–H groups in total. The normalized spacial score (nSPS) is 12.1. The highest BCUT2D eigenvalue weighted by molar-refractivity contribution is 7.90. The summed E-state index contributed by atoms with van der Waals surface area (Å²) in [7, 11) is -3.62. The molecule has 1 heterocycles. The molecule has 0 bridgehead atoms. The van der Waals surface area contributed by atoms with E-state index in [-0.39, 0.29) is 29.4 Å². The molecule has 0 spiro atoms. The third-order valence-electron chi connectivity index (χ3n) is 5.34. The van der Waals surface area contributed by atoms with Crippen LogP contribution in [0.5, 0.6) is 5.75 Å². The smallest absolute Gasteiger partial charge is 0.287 e. The fraction of sp³-hybridized carbons (Fsp3) is 0.154. The number of hydrogen-bond acceptors (Lipinski definition) is 7. The third-order valence-corrected chi connectivity index (χ3v) is 7.02. The van der Waals surface area contributed by atoms with Crippen molar-refractivity contribution in [3.05, 3.63) is 102 Å². The van der Waals surface area contributed by atoms with E-state index < -0.39 is 27.7 Å². The van der Waals surface area contributed by atoms with Gasteiger partial charge in [0.2, 0.25) is 0 Å². The molecule has 36 heavy (non-hydrogen) atoms. The Hall–Kier alpha value is -4.15. The fourth-order valence-electron chi connectivity index (χ4n) is 3.64. The van der Waals surface area contributed by atoms with Crippen molar-refractivity contribution in [1.29, 1.82) is 0 Å². The van der Waals surface area contributed by atoms with Gasteiger partial charge in [-0.3, -0.25) is 14.8 Å². The second kappa shape index (κ2) is 11.1. The van der Waals surface area contributed by atoms with Gasteiger partial charge in [-0.25, -0.2) is 13.9 Å². The summed E-state index contributed by atoms with van der Waals surface area (Å²) in [5, 5.41) is 12.2. The number of hydrogen-bond donors (Lipinski definition) is 3. The number of carbonyl (C=O) groups excluding carboxylic acids is 2. The number of para-hydroxylation sites is 1. The van der Waals surface area contributed by atoms with Crippen molar-refractivity contribution < 1.29 is 32.4 Å². The van der Waals surface area contributed by atoms with Crippen LogP contribution in [-0.4, -0.2) is 43.8 Å². The van der Waals surface area contributed by atoms with Crippen LogP contribution in [0.3, 0.4) is 0 Å². The summed E-state index contributed by atoms with van der Waals surface area (Å²) in [5.41, 5.74) is 2.93. The fourth-order valence-corrected chi connectivity index (χ4v) is 5.25. The van der Waals surface area contributed by atoms with Crippen LogP contribution in [0.2, 0.25) is 0 Å². The number of nitrogens with one attached hydrogen (secondary N) is 2. The van der Waals surface area contributed by atoms with E-state index in [0.29, 0.717) is 16.9 Å². The highest BCUT2D eigenvalue weighted by Gasteiger charge is 2.24. The molecule has 9 nitrogen and oxygen atoms in total. The Morgan fingerprint density at radius 1 is 0.917 bits per heavy atom. The molecule has 0 aliphatic rings. The van der Waals surface area contributed by atoms with Gasteiger partial charge in [0.1, 0.15) is 17.9 Å². The van der Waals surface area contributed by atoms with Gasteiger partial charge < -0.3 is 14.5 Å². The molecule has 0 unspecified atom stereocenters. The van der Waals surface area contributed by atoms with E-state index in [9.17, 15) is 18.0 Å². The molecule has 0 aliphatic carbocycles. The first kappa shape index (κ1) is 25.0. The van der Waals surface area contributed by atoms with E-state index in [0.717, 1.165) is 5.39 Å². The van der Waals surface area contributed by atoms with Gasteiger partial charge in [-0.15, -0.1) is 0 Å². The Labute approximate surface area is 207 Å². The predicted molar refractivity (Wildman–Crippen MR) is 133 cm³/mol. The van der Waals surface area contributed by atoms with Crippen LogP contribution in [0.25, 0.3) is 11.0 Å². The number of amides is 2. The Kier molecular flexibility index (Phi) is 7.67. The maximum absolute atomic E-state index is 12.9. The van der Waals surface area contributed by atoms with Crippen LogP contribution in [-0.2, 0) is 15.6 Å². The summed E-state index contributed by atoms with van der Waals surface area (Å²) in [6.07, 6.45) is 0. The highest BCUT2D eigenvalue weighted by atomic mass is 32.2. The lowest BCUT2D eigenvalue weighted by atomic mass is 10.2. The topological polar surface area (TPSA) is 135 Å². The molecule has 3 aromatic carbocycles. The minimum atomic E-state index is -3.62. The van der Waals surface area contributed by atoms with Crippen molar-refractivity contribution in [3.63, 3.8) is 0 Å². The first-order chi connectivity index (χ1) is 17.3. The number of furan rings is 1. The Balaban J connectivity index is 1.49. The van der Waals surface area contributed by atoms with Crippen LogP contribution in [0.1, 0.15) is 26.5 Å². The molecule has 10 heteroatoms. The first-order valence-electron chi connectivity index (χ1n) is 11.0. The van der Waals surface area contributed by atoms with Crippen LogP contribution in [0.15, 0.2) is 89.3 Å². The quantitative estimate of drug-likeness (QED) is 0.221. The summed E-state index contributed by atoms with van der Waals surface area (Å²) in [6.45, 7) is -0.147. The molecule has 2 amide bonds. The van der Waals surface area contributed by atoms with E-state index in [1.165, 1.54) is 24.3 Å². The molecule has 4 rings (SSSR count). The minimum Gasteiger partial charge on any atom is -0.491 e. The minimum absolute atomic E-state index is 0.0565. The van der Waals surface area contributed by atoms with Crippen molar-refractivity contribution in [2.75, 3.05) is 12.4 Å². The van der Waals surface area contributed by atoms with Gasteiger partial charge in [0.15, 0.2) is 15.6 Å². The van der Waals surface area contributed by atoms with Crippen molar-refractivity contribution in [1.82, 2.24) is 10.8 Å². The van der Waals surface area contributed by atoms with E-state index >= 15 is 0 Å². The van der Waals surface area contributed by atoms with Crippen LogP contribution >= 0.6 is 0 Å². The van der Waals surface area contributed by atoms with Crippen molar-refractivity contribution >= 4 is 32.6 Å². The maximum Gasteiger partial charge on any atom is 0.287 e. The van der Waals surface area contributed by atoms with E-state index in [1.807, 2.05) is 6.07 Å². The summed E-state index contributed by atoms with van der Waals surface area (Å²) in [6, 6.07) is 22.5. The molecule has 0 saturated carbocycles. The molecule has 0 radical (unpaired) electrons. The average molecular weight is 509 g/mol. The zero-order chi connectivity index (χ0) is 25.5. The Bertz CT molecular complexity index is 1420. The van der Waals surface area contributed by atoms with E-state index in [4.69, 9.17) is 14.4 Å². The van der Waals surface area contributed by atoms with Crippen LogP contribution in [0, 0.1) is 0 Å². The molecule has 0 fully saturated rings. The van der Waals surface area contributed by atoms with Crippen molar-refractivity contribution in [2.45, 2.75) is 11.8 Å². The zero-order valence-corrected chi connectivity index (χ0v) is 19.9. The molecule has 0 saturated heterocycles. The van der Waals surface area contributed by atoms with Crippen LogP contribution in [0.4, 0.5) is 0 Å². The summed E-state index contributed by atoms with van der Waals surface area (Å²) >= 11 is 0. The number of ether oxygens (including phenoxy) is 1. The monoisotopic (exact) mass is 508 g/mol. The van der Waals surface area contributed by atoms with Gasteiger partial charge in [0.25, 0.3) is 11.8 Å². The van der Waals surface area contributed by atoms with Gasteiger partial charge in [0, 0.05) is 10.9 Å². The number of hydroxylamine groups is 1. The highest BCUT2D eigenvalue weighted by Crippen LogP contribution is 2.19. The number of rotatable bonds is 10. The standard InChI is InChI=1S/C26H24N2O7S/c29-25(28-31)19-10-12-22(13-11-19)34-15-21(17-36(32,33)16-18-6-2-1-3-7-18)27-26(30)24-14-20-8-4-5-9-23(20)35-24/h1-14,21,31H,15-17H2,(H,27,30)(H,28,29)/t21-/m1/s1. The molecule has 0 aliphatic heterocycles. The lowest BCUT2D eigenvalue weighted by molar-refractivity contribution is 0.0706. The van der Waals surface area contributed by atoms with Gasteiger partial charge >= 0.3 is 0 Å². The lowest BCUT2D eigenvalue weighted by Gasteiger charge is -2.19. The number of sulfone groups is 1. The molecular formula is C26H24N2O7S. The summed E-state index contributed by atoms with van der Waals surface area (Å²) in [4.78, 5) is 24.4. The maximum atomic E-state index is 12.9. The Morgan fingerprint density at radius 3 is 2.31 bits per heavy atom. The van der Waals surface area contributed by atoms with Gasteiger partial charge in [-0.05, 0) is 42.0 Å². The number of carbonyl (C=O) groups is 2. The van der Waals surface area contributed by atoms with Crippen molar-refractivity contribution in [2.24, 2.45) is 0 Å². The summed E-state index contributed by atoms with van der Waals surface area (Å²) < 4.78 is 37.2. The zero-order valence-electron chi connectivity index (χ0n) is 19.1. The first-order valence-corrected chi connectivity index (χ1v) is 12.9. The molecule has 1 aromatic heterocycles. The van der Waals surface area contributed by atoms with Crippen LogP contribution < -0.4 is 15.5 Å². The predicted octanol–water partition coefficient (Wildman–Crippen LogP) is 3.34. The SMILES string of the molecule is O=C(NO)c1ccc(OC[C@H](CS(=O)(=O)Cc2ccccc2)NC(=O)c2cc3ccccc3o2)cc1. The van der Waals surface area contributed by atoms with Gasteiger partial charge in [-0.1, -0.05) is 48.5 Å². The number of benzene rings is 3. The molecule has 4 aromatic rings. The Morgan fingerprint density at radius 2 is 1.61 bits per heavy atom. The largest absolute Gasteiger partial charge is 0.491 e. The lowest BCUT2D eigenvalue weighted by Crippen LogP contribution is -2.44.